The quantitative estimate of drug-likeness (QED) is 0.376. The van der Waals surface area contributed by atoms with E-state index in [1.165, 1.54) is 18.2 Å². The van der Waals surface area contributed by atoms with Crippen molar-refractivity contribution in [2.24, 2.45) is 16.0 Å². The number of amides is 1. The fraction of sp³-hybridized carbons (Fsp3) is 0.0455. The Labute approximate surface area is 204 Å². The van der Waals surface area contributed by atoms with Crippen molar-refractivity contribution in [2.45, 2.75) is 11.4 Å². The maximum Gasteiger partial charge on any atom is 0.279 e. The van der Waals surface area contributed by atoms with Crippen LogP contribution in [-0.2, 0) is 21.4 Å². The molecule has 0 spiro atoms. The second-order valence-electron chi connectivity index (χ2n) is 7.15. The van der Waals surface area contributed by atoms with Crippen molar-refractivity contribution in [2.75, 3.05) is 9.91 Å². The summed E-state index contributed by atoms with van der Waals surface area (Å²) in [5.41, 5.74) is 8.48. The van der Waals surface area contributed by atoms with Crippen LogP contribution in [0.4, 0.5) is 11.4 Å². The topological polar surface area (TPSA) is 122 Å². The number of hydrogen-bond donors (Lipinski definition) is 2. The normalized spacial score (nSPS) is 14.4. The number of hydrogen-bond acceptors (Lipinski definition) is 5. The highest BCUT2D eigenvalue weighted by Crippen LogP contribution is 2.37. The number of benzene rings is 3. The van der Waals surface area contributed by atoms with E-state index >= 15 is 0 Å². The van der Waals surface area contributed by atoms with Crippen LogP contribution < -0.4 is 20.8 Å². The summed E-state index contributed by atoms with van der Waals surface area (Å²) in [6.07, 6.45) is 0. The van der Waals surface area contributed by atoms with Gasteiger partial charge in [0.15, 0.2) is 10.8 Å². The maximum absolute atomic E-state index is 13.5. The standard InChI is InChI=1S/C22H18BrN5O3S2/c23-18-11-5-10-17-19(21(29)27(20(17)18)13-14-6-2-1-3-7-14)26-28(22(24)32)15-8-4-9-16(12-15)33(25,30)31/h1-12H,13H2,(H2,24,32)(H2,25,30,31)/b26-19-. The van der Waals surface area contributed by atoms with Crippen LogP contribution in [0.15, 0.2) is 87.3 Å². The van der Waals surface area contributed by atoms with Crippen molar-refractivity contribution in [3.63, 3.8) is 0 Å². The molecule has 0 radical (unpaired) electrons. The van der Waals surface area contributed by atoms with E-state index < -0.39 is 10.0 Å². The molecular weight excluding hydrogens is 526 g/mol. The zero-order valence-corrected chi connectivity index (χ0v) is 20.3. The molecule has 4 rings (SSSR count). The summed E-state index contributed by atoms with van der Waals surface area (Å²) in [7, 11) is -3.96. The van der Waals surface area contributed by atoms with Crippen molar-refractivity contribution in [1.82, 2.24) is 0 Å². The number of nitrogens with zero attached hydrogens (tertiary/aromatic N) is 3. The van der Waals surface area contributed by atoms with Gasteiger partial charge in [0, 0.05) is 10.0 Å². The van der Waals surface area contributed by atoms with Crippen molar-refractivity contribution in [1.29, 1.82) is 0 Å². The van der Waals surface area contributed by atoms with Crippen LogP contribution in [0.2, 0.25) is 0 Å². The lowest BCUT2D eigenvalue weighted by Crippen LogP contribution is -2.35. The molecule has 0 aliphatic carbocycles. The highest BCUT2D eigenvalue weighted by atomic mass is 79.9. The Hall–Kier alpha value is -3.12. The van der Waals surface area contributed by atoms with Crippen molar-refractivity contribution in [3.05, 3.63) is 88.4 Å². The summed E-state index contributed by atoms with van der Waals surface area (Å²) in [6, 6.07) is 20.7. The number of thiocarbonyl (C=S) groups is 1. The van der Waals surface area contributed by atoms with E-state index in [-0.39, 0.29) is 27.3 Å². The van der Waals surface area contributed by atoms with Crippen molar-refractivity contribution >= 4 is 66.3 Å². The van der Waals surface area contributed by atoms with Crippen LogP contribution >= 0.6 is 28.1 Å². The van der Waals surface area contributed by atoms with Crippen LogP contribution in [0.3, 0.4) is 0 Å². The average Bonchev–Trinajstić information content (AvgIpc) is 3.04. The number of carbonyl (C=O) groups is 1. The first kappa shape index (κ1) is 23.1. The third-order valence-corrected chi connectivity index (χ3v) is 6.67. The third-order valence-electron chi connectivity index (χ3n) is 4.94. The molecule has 11 heteroatoms. The van der Waals surface area contributed by atoms with Gasteiger partial charge in [0.05, 0.1) is 22.8 Å². The molecule has 3 aromatic carbocycles. The Morgan fingerprint density at radius 2 is 1.76 bits per heavy atom. The van der Waals surface area contributed by atoms with E-state index in [9.17, 15) is 13.2 Å². The summed E-state index contributed by atoms with van der Waals surface area (Å²) in [6.45, 7) is 0.336. The van der Waals surface area contributed by atoms with Gasteiger partial charge in [-0.25, -0.2) is 18.6 Å². The summed E-state index contributed by atoms with van der Waals surface area (Å²) in [4.78, 5) is 15.0. The van der Waals surface area contributed by atoms with Crippen LogP contribution in [0, 0.1) is 0 Å². The fourth-order valence-electron chi connectivity index (χ4n) is 3.47. The second-order valence-corrected chi connectivity index (χ2v) is 9.99. The lowest BCUT2D eigenvalue weighted by molar-refractivity contribution is -0.112. The predicted octanol–water partition coefficient (Wildman–Crippen LogP) is 3.10. The van der Waals surface area contributed by atoms with Gasteiger partial charge >= 0.3 is 0 Å². The van der Waals surface area contributed by atoms with E-state index in [0.29, 0.717) is 17.8 Å². The monoisotopic (exact) mass is 543 g/mol. The molecule has 33 heavy (non-hydrogen) atoms. The molecule has 1 aliphatic rings. The van der Waals surface area contributed by atoms with Gasteiger partial charge in [-0.3, -0.25) is 4.79 Å². The molecule has 0 saturated heterocycles. The van der Waals surface area contributed by atoms with Gasteiger partial charge < -0.3 is 10.6 Å². The molecule has 0 aromatic heterocycles. The second kappa shape index (κ2) is 9.02. The van der Waals surface area contributed by atoms with Gasteiger partial charge in [-0.2, -0.15) is 5.10 Å². The van der Waals surface area contributed by atoms with Gasteiger partial charge in [0.2, 0.25) is 10.0 Å². The molecule has 0 atom stereocenters. The van der Waals surface area contributed by atoms with E-state index in [0.717, 1.165) is 15.0 Å². The van der Waals surface area contributed by atoms with E-state index in [4.69, 9.17) is 23.1 Å². The number of halogens is 1. The number of anilines is 2. The SMILES string of the molecule is NC(=S)N(/N=C1\C(=O)N(Cc2ccccc2)c2c(Br)cccc21)c1cccc(S(N)(=O)=O)c1. The number of fused-ring (bicyclic) bond motifs is 1. The van der Waals surface area contributed by atoms with E-state index in [2.05, 4.69) is 21.0 Å². The summed E-state index contributed by atoms with van der Waals surface area (Å²) in [5.74, 6) is -0.343. The molecule has 8 nitrogen and oxygen atoms in total. The van der Waals surface area contributed by atoms with Gasteiger partial charge in [-0.1, -0.05) is 48.5 Å². The van der Waals surface area contributed by atoms with Gasteiger partial charge in [0.1, 0.15) is 0 Å². The lowest BCUT2D eigenvalue weighted by atomic mass is 10.1. The number of sulfonamides is 1. The first-order valence-electron chi connectivity index (χ1n) is 9.62. The summed E-state index contributed by atoms with van der Waals surface area (Å²) < 4.78 is 24.3. The molecule has 1 heterocycles. The van der Waals surface area contributed by atoms with E-state index in [1.807, 2.05) is 36.4 Å². The van der Waals surface area contributed by atoms with Crippen LogP contribution in [-0.4, -0.2) is 25.1 Å². The van der Waals surface area contributed by atoms with Crippen LogP contribution in [0.1, 0.15) is 11.1 Å². The highest BCUT2D eigenvalue weighted by Gasteiger charge is 2.36. The van der Waals surface area contributed by atoms with Gasteiger partial charge in [0.25, 0.3) is 5.91 Å². The van der Waals surface area contributed by atoms with Gasteiger partial charge in [-0.05, 0) is 58.0 Å². The van der Waals surface area contributed by atoms with Crippen molar-refractivity contribution < 1.29 is 13.2 Å². The maximum atomic E-state index is 13.5. The molecule has 4 N–H and O–H groups in total. The molecule has 0 fully saturated rings. The van der Waals surface area contributed by atoms with Crippen molar-refractivity contribution in [3.8, 4) is 0 Å². The van der Waals surface area contributed by atoms with Gasteiger partial charge in [-0.15, -0.1) is 0 Å². The Morgan fingerprint density at radius 1 is 1.06 bits per heavy atom. The predicted molar refractivity (Wildman–Crippen MR) is 135 cm³/mol. The Balaban J connectivity index is 1.82. The number of carbonyl (C=O) groups excluding carboxylic acids is 1. The number of para-hydroxylation sites is 1. The minimum Gasteiger partial charge on any atom is -0.374 e. The zero-order chi connectivity index (χ0) is 23.8. The Kier molecular flexibility index (Phi) is 6.30. The minimum absolute atomic E-state index is 0.121. The highest BCUT2D eigenvalue weighted by molar-refractivity contribution is 9.10. The fourth-order valence-corrected chi connectivity index (χ4v) is 4.75. The third kappa shape index (κ3) is 4.67. The molecule has 1 aliphatic heterocycles. The smallest absolute Gasteiger partial charge is 0.279 e. The minimum atomic E-state index is -3.96. The largest absolute Gasteiger partial charge is 0.374 e. The number of hydrazone groups is 1. The summed E-state index contributed by atoms with van der Waals surface area (Å²) in [5, 5.41) is 10.7. The molecular formula is C22H18BrN5O3S2. The van der Waals surface area contributed by atoms with Crippen LogP contribution in [0.5, 0.6) is 0 Å². The molecule has 0 bridgehead atoms. The first-order valence-corrected chi connectivity index (χ1v) is 12.4. The molecule has 1 amide bonds. The average molecular weight is 544 g/mol. The van der Waals surface area contributed by atoms with Crippen LogP contribution in [0.25, 0.3) is 0 Å². The van der Waals surface area contributed by atoms with E-state index in [1.54, 1.807) is 23.1 Å². The zero-order valence-electron chi connectivity index (χ0n) is 17.1. The number of rotatable bonds is 5. The number of nitrogens with two attached hydrogens (primary N) is 2. The Bertz CT molecular complexity index is 1390. The lowest BCUT2D eigenvalue weighted by Gasteiger charge is -2.19. The first-order chi connectivity index (χ1) is 15.7. The molecule has 3 aromatic rings. The Morgan fingerprint density at radius 3 is 2.42 bits per heavy atom. The molecule has 0 saturated carbocycles. The summed E-state index contributed by atoms with van der Waals surface area (Å²) >= 11 is 8.68. The number of primary sulfonamides is 1. The molecule has 0 unspecified atom stereocenters. The molecule has 168 valence electrons.